The van der Waals surface area contributed by atoms with Gasteiger partial charge in [0.05, 0.1) is 0 Å². The summed E-state index contributed by atoms with van der Waals surface area (Å²) in [5.41, 5.74) is 2.50. The van der Waals surface area contributed by atoms with E-state index >= 15 is 0 Å². The van der Waals surface area contributed by atoms with E-state index in [4.69, 9.17) is 0 Å². The van der Waals surface area contributed by atoms with E-state index in [0.29, 0.717) is 11.7 Å². The normalized spacial score (nSPS) is 20.6. The molecule has 12 heavy (non-hydrogen) atoms. The Morgan fingerprint density at radius 2 is 2.25 bits per heavy atom. The molecule has 0 saturated carbocycles. The zero-order valence-electron chi connectivity index (χ0n) is 7.12. The minimum atomic E-state index is 0.354. The highest BCUT2D eigenvalue weighted by molar-refractivity contribution is 5.59. The van der Waals surface area contributed by atoms with E-state index in [1.165, 1.54) is 5.56 Å². The van der Waals surface area contributed by atoms with Crippen molar-refractivity contribution in [2.75, 3.05) is 0 Å². The number of rotatable bonds is 0. The Morgan fingerprint density at radius 3 is 3.08 bits per heavy atom. The highest BCUT2D eigenvalue weighted by Gasteiger charge is 2.11. The van der Waals surface area contributed by atoms with E-state index in [-0.39, 0.29) is 0 Å². The number of hydrogen-bond acceptors (Lipinski definition) is 1. The van der Waals surface area contributed by atoms with Gasteiger partial charge >= 0.3 is 0 Å². The van der Waals surface area contributed by atoms with Gasteiger partial charge < -0.3 is 5.11 Å². The van der Waals surface area contributed by atoms with Gasteiger partial charge in [-0.15, -0.1) is 0 Å². The lowest BCUT2D eigenvalue weighted by atomic mass is 9.88. The zero-order chi connectivity index (χ0) is 8.55. The molecule has 0 amide bonds. The molecule has 2 rings (SSSR count). The molecule has 1 atom stereocenters. The summed E-state index contributed by atoms with van der Waals surface area (Å²) in [6, 6.07) is 5.59. The second-order valence-corrected chi connectivity index (χ2v) is 3.35. The third-order valence-electron chi connectivity index (χ3n) is 2.39. The Labute approximate surface area is 72.4 Å². The summed E-state index contributed by atoms with van der Waals surface area (Å²) < 4.78 is 0. The van der Waals surface area contributed by atoms with Crippen molar-refractivity contribution in [3.8, 4) is 5.75 Å². The standard InChI is InChI=1S/C11H12O/c1-8-3-2-4-9-7-10(12)5-6-11(8)9/h2,4-8,12H,3H2,1H3. The Bertz CT molecular complexity index is 326. The molecule has 1 aliphatic carbocycles. The molecule has 1 aromatic carbocycles. The number of benzene rings is 1. The van der Waals surface area contributed by atoms with Crippen molar-refractivity contribution in [3.05, 3.63) is 35.4 Å². The van der Waals surface area contributed by atoms with Gasteiger partial charge in [-0.1, -0.05) is 25.1 Å². The van der Waals surface area contributed by atoms with Crippen LogP contribution < -0.4 is 0 Å². The monoisotopic (exact) mass is 160 g/mol. The molecular weight excluding hydrogens is 148 g/mol. The Balaban J connectivity index is 2.55. The van der Waals surface area contributed by atoms with E-state index in [2.05, 4.69) is 19.1 Å². The van der Waals surface area contributed by atoms with Crippen LogP contribution in [-0.2, 0) is 0 Å². The quantitative estimate of drug-likeness (QED) is 0.618. The largest absolute Gasteiger partial charge is 0.508 e. The number of aromatic hydroxyl groups is 1. The number of allylic oxidation sites excluding steroid dienone is 1. The van der Waals surface area contributed by atoms with E-state index in [0.717, 1.165) is 12.0 Å². The molecule has 1 heteroatoms. The fourth-order valence-corrected chi connectivity index (χ4v) is 1.68. The average molecular weight is 160 g/mol. The highest BCUT2D eigenvalue weighted by atomic mass is 16.3. The van der Waals surface area contributed by atoms with Crippen molar-refractivity contribution >= 4 is 6.08 Å². The van der Waals surface area contributed by atoms with Crippen molar-refractivity contribution in [3.63, 3.8) is 0 Å². The summed E-state index contributed by atoms with van der Waals surface area (Å²) in [7, 11) is 0. The highest BCUT2D eigenvalue weighted by Crippen LogP contribution is 2.31. The van der Waals surface area contributed by atoms with Gasteiger partial charge in [0, 0.05) is 0 Å². The first-order valence-electron chi connectivity index (χ1n) is 4.27. The maximum atomic E-state index is 9.24. The van der Waals surface area contributed by atoms with Gasteiger partial charge in [0.2, 0.25) is 0 Å². The predicted octanol–water partition coefficient (Wildman–Crippen LogP) is 2.91. The van der Waals surface area contributed by atoms with E-state index < -0.39 is 0 Å². The first-order valence-corrected chi connectivity index (χ1v) is 4.27. The third-order valence-corrected chi connectivity index (χ3v) is 2.39. The van der Waals surface area contributed by atoms with Crippen LogP contribution in [0.15, 0.2) is 24.3 Å². The van der Waals surface area contributed by atoms with E-state index in [1.807, 2.05) is 12.1 Å². The topological polar surface area (TPSA) is 20.2 Å². The van der Waals surface area contributed by atoms with Crippen LogP contribution in [0.5, 0.6) is 5.75 Å². The number of fused-ring (bicyclic) bond motifs is 1. The van der Waals surface area contributed by atoms with Crippen LogP contribution in [0.4, 0.5) is 0 Å². The average Bonchev–Trinajstić information content (AvgIpc) is 2.04. The molecule has 0 radical (unpaired) electrons. The lowest BCUT2D eigenvalue weighted by Gasteiger charge is -2.17. The summed E-state index contributed by atoms with van der Waals surface area (Å²) in [5.74, 6) is 0.943. The summed E-state index contributed by atoms with van der Waals surface area (Å²) in [5, 5.41) is 9.24. The molecule has 0 spiro atoms. The molecule has 1 aliphatic rings. The molecule has 0 heterocycles. The lowest BCUT2D eigenvalue weighted by Crippen LogP contribution is -1.98. The minimum absolute atomic E-state index is 0.354. The number of phenols is 1. The summed E-state index contributed by atoms with van der Waals surface area (Å²) in [6.45, 7) is 2.21. The Kier molecular flexibility index (Phi) is 1.65. The number of phenolic OH excluding ortho intramolecular Hbond substituents is 1. The summed E-state index contributed by atoms with van der Waals surface area (Å²) in [6.07, 6.45) is 5.35. The molecule has 0 aromatic heterocycles. The lowest BCUT2D eigenvalue weighted by molar-refractivity contribution is 0.474. The molecule has 1 unspecified atom stereocenters. The minimum Gasteiger partial charge on any atom is -0.508 e. The van der Waals surface area contributed by atoms with E-state index in [1.54, 1.807) is 6.07 Å². The van der Waals surface area contributed by atoms with Crippen LogP contribution in [0.2, 0.25) is 0 Å². The second-order valence-electron chi connectivity index (χ2n) is 3.35. The van der Waals surface area contributed by atoms with Gasteiger partial charge in [-0.2, -0.15) is 0 Å². The molecule has 0 aliphatic heterocycles. The van der Waals surface area contributed by atoms with Gasteiger partial charge in [0.25, 0.3) is 0 Å². The maximum absolute atomic E-state index is 9.24. The molecule has 0 saturated heterocycles. The van der Waals surface area contributed by atoms with Crippen molar-refractivity contribution in [2.45, 2.75) is 19.3 Å². The molecule has 1 N–H and O–H groups in total. The molecule has 0 fully saturated rings. The molecule has 62 valence electrons. The van der Waals surface area contributed by atoms with Gasteiger partial charge in [0.1, 0.15) is 5.75 Å². The van der Waals surface area contributed by atoms with Crippen LogP contribution in [-0.4, -0.2) is 5.11 Å². The van der Waals surface area contributed by atoms with Crippen molar-refractivity contribution in [2.24, 2.45) is 0 Å². The molecule has 1 nitrogen and oxygen atoms in total. The van der Waals surface area contributed by atoms with Gasteiger partial charge in [-0.05, 0) is 35.6 Å². The van der Waals surface area contributed by atoms with Crippen LogP contribution >= 0.6 is 0 Å². The van der Waals surface area contributed by atoms with Crippen LogP contribution in [0.1, 0.15) is 30.4 Å². The van der Waals surface area contributed by atoms with E-state index in [9.17, 15) is 5.11 Å². The first-order chi connectivity index (χ1) is 5.77. The zero-order valence-corrected chi connectivity index (χ0v) is 7.12. The van der Waals surface area contributed by atoms with Crippen molar-refractivity contribution in [1.82, 2.24) is 0 Å². The third kappa shape index (κ3) is 1.11. The van der Waals surface area contributed by atoms with Gasteiger partial charge in [0.15, 0.2) is 0 Å². The smallest absolute Gasteiger partial charge is 0.116 e. The second kappa shape index (κ2) is 2.67. The SMILES string of the molecule is CC1CC=Cc2cc(O)ccc21. The fraction of sp³-hybridized carbons (Fsp3) is 0.273. The number of hydrogen-bond donors (Lipinski definition) is 1. The fourth-order valence-electron chi connectivity index (χ4n) is 1.68. The van der Waals surface area contributed by atoms with Crippen LogP contribution in [0, 0.1) is 0 Å². The summed E-state index contributed by atoms with van der Waals surface area (Å²) >= 11 is 0. The first kappa shape index (κ1) is 7.41. The van der Waals surface area contributed by atoms with Crippen molar-refractivity contribution in [1.29, 1.82) is 0 Å². The molecular formula is C11H12O. The van der Waals surface area contributed by atoms with Gasteiger partial charge in [-0.25, -0.2) is 0 Å². The van der Waals surface area contributed by atoms with Gasteiger partial charge in [-0.3, -0.25) is 0 Å². The maximum Gasteiger partial charge on any atom is 0.116 e. The predicted molar refractivity (Wildman–Crippen MR) is 50.2 cm³/mol. The van der Waals surface area contributed by atoms with Crippen LogP contribution in [0.3, 0.4) is 0 Å². The Morgan fingerprint density at radius 1 is 1.42 bits per heavy atom. The molecule has 0 bridgehead atoms. The van der Waals surface area contributed by atoms with Crippen LogP contribution in [0.25, 0.3) is 6.08 Å². The molecule has 1 aromatic rings. The summed E-state index contributed by atoms with van der Waals surface area (Å²) in [4.78, 5) is 0. The Hall–Kier alpha value is -1.24. The van der Waals surface area contributed by atoms with Crippen molar-refractivity contribution < 1.29 is 5.11 Å².